The summed E-state index contributed by atoms with van der Waals surface area (Å²) < 4.78 is 0.644. The van der Waals surface area contributed by atoms with Crippen molar-refractivity contribution in [1.82, 2.24) is 0 Å². The number of halogens is 1. The van der Waals surface area contributed by atoms with Gasteiger partial charge in [-0.25, -0.2) is 0 Å². The SMILES string of the molecule is C#CC(Cc1ccccc1)[N+](C)(C)C=C.[Br-]. The van der Waals surface area contributed by atoms with E-state index < -0.39 is 0 Å². The van der Waals surface area contributed by atoms with Gasteiger partial charge >= 0.3 is 0 Å². The molecule has 0 aromatic heterocycles. The summed E-state index contributed by atoms with van der Waals surface area (Å²) in [5.41, 5.74) is 1.27. The maximum Gasteiger partial charge on any atom is 0.158 e. The Morgan fingerprint density at radius 3 is 2.38 bits per heavy atom. The van der Waals surface area contributed by atoms with Crippen LogP contribution in [0.15, 0.2) is 43.1 Å². The molecule has 0 bridgehead atoms. The van der Waals surface area contributed by atoms with Crippen LogP contribution in [-0.2, 0) is 6.42 Å². The normalized spacial score (nSPS) is 12.1. The first kappa shape index (κ1) is 15.0. The van der Waals surface area contributed by atoms with E-state index in [2.05, 4.69) is 38.7 Å². The molecule has 0 heterocycles. The van der Waals surface area contributed by atoms with Gasteiger partial charge < -0.3 is 17.0 Å². The van der Waals surface area contributed by atoms with Crippen molar-refractivity contribution >= 4 is 0 Å². The topological polar surface area (TPSA) is 0 Å². The molecule has 0 aliphatic heterocycles. The van der Waals surface area contributed by atoms with Gasteiger partial charge in [-0.05, 0) is 18.1 Å². The molecule has 1 aromatic rings. The number of rotatable bonds is 4. The van der Waals surface area contributed by atoms with Crippen LogP contribution >= 0.6 is 0 Å². The minimum Gasteiger partial charge on any atom is -1.00 e. The Kier molecular flexibility index (Phi) is 6.10. The monoisotopic (exact) mass is 279 g/mol. The van der Waals surface area contributed by atoms with Gasteiger partial charge in [-0.3, -0.25) is 4.48 Å². The van der Waals surface area contributed by atoms with Crippen LogP contribution in [0, 0.1) is 12.3 Å². The van der Waals surface area contributed by atoms with E-state index >= 15 is 0 Å². The van der Waals surface area contributed by atoms with Crippen molar-refractivity contribution in [3.05, 3.63) is 48.7 Å². The second kappa shape index (κ2) is 6.52. The van der Waals surface area contributed by atoms with Crippen molar-refractivity contribution in [1.29, 1.82) is 0 Å². The van der Waals surface area contributed by atoms with Crippen LogP contribution < -0.4 is 17.0 Å². The van der Waals surface area contributed by atoms with Gasteiger partial charge in [-0.15, -0.1) is 6.42 Å². The third-order valence-corrected chi connectivity index (χ3v) is 2.74. The Morgan fingerprint density at radius 2 is 1.94 bits per heavy atom. The number of nitrogens with zero attached hydrogens (tertiary/aromatic N) is 1. The Balaban J connectivity index is 0.00000225. The first-order valence-electron chi connectivity index (χ1n) is 5.07. The van der Waals surface area contributed by atoms with Crippen molar-refractivity contribution < 1.29 is 21.5 Å². The summed E-state index contributed by atoms with van der Waals surface area (Å²) in [5.74, 6) is 2.84. The Bertz CT molecular complexity index is 362. The molecule has 0 fully saturated rings. The summed E-state index contributed by atoms with van der Waals surface area (Å²) in [6, 6.07) is 10.4. The summed E-state index contributed by atoms with van der Waals surface area (Å²) in [4.78, 5) is 0. The zero-order chi connectivity index (χ0) is 11.3. The molecule has 0 aliphatic rings. The lowest BCUT2D eigenvalue weighted by Crippen LogP contribution is -3.00. The molecule has 0 saturated carbocycles. The highest BCUT2D eigenvalue weighted by Gasteiger charge is 2.23. The molecule has 0 N–H and O–H groups in total. The standard InChI is InChI=1S/C14H18N.BrH/c1-5-14(15(3,4)6-2)12-13-10-8-7-9-11-13;/h1,6-11,14H,2,12H2,3-4H3;1H/q+1;/p-1. The van der Waals surface area contributed by atoms with Crippen LogP contribution in [0.4, 0.5) is 0 Å². The zero-order valence-corrected chi connectivity index (χ0v) is 11.4. The fraction of sp³-hybridized carbons (Fsp3) is 0.286. The van der Waals surface area contributed by atoms with E-state index in [-0.39, 0.29) is 23.0 Å². The second-order valence-corrected chi connectivity index (χ2v) is 4.18. The number of quaternary nitrogens is 1. The minimum atomic E-state index is 0. The van der Waals surface area contributed by atoms with Gasteiger partial charge in [-0.2, -0.15) is 0 Å². The quantitative estimate of drug-likeness (QED) is 0.513. The minimum absolute atomic E-state index is 0. The predicted octanol–water partition coefficient (Wildman–Crippen LogP) is -0.545. The molecule has 86 valence electrons. The van der Waals surface area contributed by atoms with Gasteiger partial charge in [0.05, 0.1) is 20.3 Å². The van der Waals surface area contributed by atoms with E-state index in [9.17, 15) is 0 Å². The van der Waals surface area contributed by atoms with Gasteiger partial charge in [0.1, 0.15) is 0 Å². The molecular weight excluding hydrogens is 262 g/mol. The lowest BCUT2D eigenvalue weighted by atomic mass is 10.0. The van der Waals surface area contributed by atoms with Crippen LogP contribution in [0.25, 0.3) is 0 Å². The molecule has 0 amide bonds. The molecule has 16 heavy (non-hydrogen) atoms. The molecule has 1 unspecified atom stereocenters. The van der Waals surface area contributed by atoms with Gasteiger partial charge in [0.15, 0.2) is 6.04 Å². The Labute approximate surface area is 109 Å². The molecule has 0 radical (unpaired) electrons. The van der Waals surface area contributed by atoms with Crippen LogP contribution in [0.2, 0.25) is 0 Å². The van der Waals surface area contributed by atoms with E-state index in [1.54, 1.807) is 0 Å². The highest BCUT2D eigenvalue weighted by Crippen LogP contribution is 2.13. The highest BCUT2D eigenvalue weighted by atomic mass is 79.9. The van der Waals surface area contributed by atoms with Gasteiger partial charge in [0, 0.05) is 6.42 Å². The lowest BCUT2D eigenvalue weighted by molar-refractivity contribution is -0.856. The Hall–Kier alpha value is -1.04. The van der Waals surface area contributed by atoms with E-state index in [1.807, 2.05) is 24.4 Å². The number of hydrogen-bond acceptors (Lipinski definition) is 0. The fourth-order valence-corrected chi connectivity index (χ4v) is 1.45. The van der Waals surface area contributed by atoms with Crippen molar-refractivity contribution in [2.75, 3.05) is 14.1 Å². The number of hydrogen-bond donors (Lipinski definition) is 0. The van der Waals surface area contributed by atoms with Crippen molar-refractivity contribution in [3.8, 4) is 12.3 Å². The summed E-state index contributed by atoms with van der Waals surface area (Å²) in [7, 11) is 4.14. The average Bonchev–Trinajstić information content (AvgIpc) is 2.27. The van der Waals surface area contributed by atoms with E-state index in [1.165, 1.54) is 5.56 Å². The molecule has 1 atom stereocenters. The van der Waals surface area contributed by atoms with Crippen LogP contribution in [0.5, 0.6) is 0 Å². The third kappa shape index (κ3) is 3.84. The second-order valence-electron chi connectivity index (χ2n) is 4.18. The molecular formula is C14H18BrN. The number of benzene rings is 1. The average molecular weight is 280 g/mol. The van der Waals surface area contributed by atoms with Gasteiger partial charge in [0.25, 0.3) is 0 Å². The van der Waals surface area contributed by atoms with E-state index in [0.29, 0.717) is 4.48 Å². The molecule has 0 aliphatic carbocycles. The maximum absolute atomic E-state index is 5.57. The number of terminal acetylenes is 1. The zero-order valence-electron chi connectivity index (χ0n) is 9.86. The van der Waals surface area contributed by atoms with Gasteiger partial charge in [-0.1, -0.05) is 30.3 Å². The molecule has 1 aromatic carbocycles. The molecule has 2 heteroatoms. The summed E-state index contributed by atoms with van der Waals surface area (Å²) in [5, 5.41) is 0. The van der Waals surface area contributed by atoms with Crippen LogP contribution in [0.1, 0.15) is 5.56 Å². The number of likely N-dealkylation sites (N-methyl/N-ethyl adjacent to an activating group) is 1. The fourth-order valence-electron chi connectivity index (χ4n) is 1.45. The van der Waals surface area contributed by atoms with Gasteiger partial charge in [0.2, 0.25) is 0 Å². The predicted molar refractivity (Wildman–Crippen MR) is 65.1 cm³/mol. The first-order chi connectivity index (χ1) is 7.10. The van der Waals surface area contributed by atoms with Crippen LogP contribution in [0.3, 0.4) is 0 Å². The van der Waals surface area contributed by atoms with E-state index in [0.717, 1.165) is 6.42 Å². The molecule has 1 nitrogen and oxygen atoms in total. The molecule has 0 spiro atoms. The van der Waals surface area contributed by atoms with E-state index in [4.69, 9.17) is 6.42 Å². The lowest BCUT2D eigenvalue weighted by Gasteiger charge is -2.30. The van der Waals surface area contributed by atoms with Crippen LogP contribution in [-0.4, -0.2) is 24.6 Å². The summed E-state index contributed by atoms with van der Waals surface area (Å²) in [6.45, 7) is 3.82. The summed E-state index contributed by atoms with van der Waals surface area (Å²) in [6.07, 6.45) is 8.34. The molecule has 0 saturated heterocycles. The Morgan fingerprint density at radius 1 is 1.38 bits per heavy atom. The summed E-state index contributed by atoms with van der Waals surface area (Å²) >= 11 is 0. The largest absolute Gasteiger partial charge is 1.00 e. The van der Waals surface area contributed by atoms with Crippen molar-refractivity contribution in [3.63, 3.8) is 0 Å². The third-order valence-electron chi connectivity index (χ3n) is 2.74. The first-order valence-corrected chi connectivity index (χ1v) is 5.07. The van der Waals surface area contributed by atoms with Crippen molar-refractivity contribution in [2.45, 2.75) is 12.5 Å². The molecule has 1 rings (SSSR count). The smallest absolute Gasteiger partial charge is 0.158 e. The van der Waals surface area contributed by atoms with Crippen molar-refractivity contribution in [2.24, 2.45) is 0 Å². The maximum atomic E-state index is 5.57. The highest BCUT2D eigenvalue weighted by molar-refractivity contribution is 5.18.